The Hall–Kier alpha value is -1.88. The molecule has 0 spiro atoms. The van der Waals surface area contributed by atoms with Crippen LogP contribution in [0, 0.1) is 5.92 Å². The molecule has 1 aromatic rings. The number of halogens is 6. The van der Waals surface area contributed by atoms with Gasteiger partial charge in [-0.25, -0.2) is 0 Å². The summed E-state index contributed by atoms with van der Waals surface area (Å²) in [4.78, 5) is 11.7. The van der Waals surface area contributed by atoms with Gasteiger partial charge in [0.05, 0.1) is 6.04 Å². The fourth-order valence-corrected chi connectivity index (χ4v) is 2.74. The highest BCUT2D eigenvalue weighted by Gasteiger charge is 2.68. The van der Waals surface area contributed by atoms with Crippen molar-refractivity contribution in [3.05, 3.63) is 35.9 Å². The number of alkyl halides is 6. The maximum Gasteiger partial charge on any atom is 0.450 e. The van der Waals surface area contributed by atoms with Gasteiger partial charge in [0.15, 0.2) is 5.11 Å². The van der Waals surface area contributed by atoms with Gasteiger partial charge < -0.3 is 15.7 Å². The molecule has 0 aromatic heterocycles. The molecule has 0 saturated carbocycles. The molecular weight excluding hydrogens is 362 g/mol. The van der Waals surface area contributed by atoms with Crippen molar-refractivity contribution in [2.75, 3.05) is 0 Å². The predicted molar refractivity (Wildman–Crippen MR) is 73.6 cm³/mol. The zero-order valence-corrected chi connectivity index (χ0v) is 12.4. The lowest BCUT2D eigenvalue weighted by atomic mass is 9.79. The number of thiocarbonyl (C=S) groups is 1. The Labute approximate surface area is 136 Å². The molecule has 0 bridgehead atoms. The minimum Gasteiger partial charge on any atom is -0.363 e. The highest BCUT2D eigenvalue weighted by molar-refractivity contribution is 7.80. The van der Waals surface area contributed by atoms with Crippen LogP contribution >= 0.6 is 12.2 Å². The predicted octanol–water partition coefficient (Wildman–Crippen LogP) is 2.20. The molecule has 4 nitrogen and oxygen atoms in total. The van der Waals surface area contributed by atoms with Gasteiger partial charge in [0.1, 0.15) is 5.92 Å². The Morgan fingerprint density at radius 1 is 1.12 bits per heavy atom. The van der Waals surface area contributed by atoms with E-state index in [-0.39, 0.29) is 5.56 Å². The van der Waals surface area contributed by atoms with Crippen LogP contribution in [0.4, 0.5) is 26.3 Å². The standard InChI is InChI=1S/C13H10F6N2O2S/c14-12(15,16)9(22)7-8(6-4-2-1-3-5-6)20-10(24)21-11(7,23)13(17,18)19/h1-5,7-8,23H,(H2,20,21,24)/t7-,8+,11+/m0/s1. The van der Waals surface area contributed by atoms with Crippen LogP contribution in [0.15, 0.2) is 30.3 Å². The molecule has 1 fully saturated rings. The number of benzene rings is 1. The lowest BCUT2D eigenvalue weighted by Gasteiger charge is -2.46. The van der Waals surface area contributed by atoms with Gasteiger partial charge >= 0.3 is 12.4 Å². The van der Waals surface area contributed by atoms with Crippen molar-refractivity contribution >= 4 is 23.1 Å². The maximum absolute atomic E-state index is 13.3. The van der Waals surface area contributed by atoms with Crippen molar-refractivity contribution < 1.29 is 36.2 Å². The van der Waals surface area contributed by atoms with Crippen molar-refractivity contribution in [3.8, 4) is 0 Å². The summed E-state index contributed by atoms with van der Waals surface area (Å²) in [5.74, 6) is -5.65. The molecule has 2 rings (SSSR count). The Bertz CT molecular complexity index is 648. The third kappa shape index (κ3) is 3.18. The SMILES string of the molecule is O=C([C@@H]1[C@@H](c2ccccc2)NC(=S)N[C@]1(O)C(F)(F)F)C(F)(F)F. The highest BCUT2D eigenvalue weighted by atomic mass is 32.1. The van der Waals surface area contributed by atoms with Crippen molar-refractivity contribution in [1.82, 2.24) is 10.6 Å². The fourth-order valence-electron chi connectivity index (χ4n) is 2.45. The van der Waals surface area contributed by atoms with Crippen molar-refractivity contribution in [2.45, 2.75) is 24.1 Å². The summed E-state index contributed by atoms with van der Waals surface area (Å²) < 4.78 is 78.3. The number of hydrogen-bond donors (Lipinski definition) is 3. The first kappa shape index (κ1) is 18.5. The molecule has 0 unspecified atom stereocenters. The van der Waals surface area contributed by atoms with Crippen LogP contribution < -0.4 is 10.6 Å². The van der Waals surface area contributed by atoms with E-state index in [1.54, 1.807) is 0 Å². The molecule has 0 amide bonds. The second-order valence-corrected chi connectivity index (χ2v) is 5.50. The molecule has 1 aliphatic heterocycles. The minimum atomic E-state index is -5.59. The van der Waals surface area contributed by atoms with Crippen LogP contribution in [0.2, 0.25) is 0 Å². The van der Waals surface area contributed by atoms with Gasteiger partial charge in [-0.15, -0.1) is 0 Å². The lowest BCUT2D eigenvalue weighted by molar-refractivity contribution is -0.293. The van der Waals surface area contributed by atoms with Crippen LogP contribution in [-0.2, 0) is 4.79 Å². The quantitative estimate of drug-likeness (QED) is 0.549. The van der Waals surface area contributed by atoms with Crippen LogP contribution in [0.3, 0.4) is 0 Å². The summed E-state index contributed by atoms with van der Waals surface area (Å²) in [5, 5.41) is 12.8. The number of Topliss-reactive ketones (excluding diaryl/α,β-unsaturated/α-hetero) is 1. The topological polar surface area (TPSA) is 61.4 Å². The van der Waals surface area contributed by atoms with Crippen molar-refractivity contribution in [1.29, 1.82) is 0 Å². The first-order chi connectivity index (χ1) is 10.9. The molecular formula is C13H10F6N2O2S. The summed E-state index contributed by atoms with van der Waals surface area (Å²) in [5.41, 5.74) is -4.23. The Balaban J connectivity index is 2.63. The number of aliphatic hydroxyl groups is 1. The average molecular weight is 372 g/mol. The normalized spacial score (nSPS) is 28.0. The number of hydrogen-bond acceptors (Lipinski definition) is 3. The maximum atomic E-state index is 13.3. The second-order valence-electron chi connectivity index (χ2n) is 5.09. The van der Waals surface area contributed by atoms with E-state index in [2.05, 4.69) is 17.5 Å². The van der Waals surface area contributed by atoms with Gasteiger partial charge in [0.2, 0.25) is 11.5 Å². The summed E-state index contributed by atoms with van der Waals surface area (Å²) in [6, 6.07) is 4.84. The minimum absolute atomic E-state index is 0.0633. The number of ketones is 1. The molecule has 24 heavy (non-hydrogen) atoms. The van der Waals surface area contributed by atoms with E-state index in [9.17, 15) is 36.2 Å². The zero-order chi connectivity index (χ0) is 18.3. The van der Waals surface area contributed by atoms with Gasteiger partial charge in [-0.2, -0.15) is 26.3 Å². The van der Waals surface area contributed by atoms with E-state index in [1.165, 1.54) is 35.6 Å². The Morgan fingerprint density at radius 2 is 1.67 bits per heavy atom. The highest BCUT2D eigenvalue weighted by Crippen LogP contribution is 2.45. The van der Waals surface area contributed by atoms with Gasteiger partial charge in [-0.05, 0) is 17.8 Å². The molecule has 11 heteroatoms. The third-order valence-corrected chi connectivity index (χ3v) is 3.75. The smallest absolute Gasteiger partial charge is 0.363 e. The molecule has 132 valence electrons. The van der Waals surface area contributed by atoms with Gasteiger partial charge in [0.25, 0.3) is 0 Å². The lowest BCUT2D eigenvalue weighted by Crippen LogP contribution is -2.73. The van der Waals surface area contributed by atoms with Crippen LogP contribution in [0.5, 0.6) is 0 Å². The average Bonchev–Trinajstić information content (AvgIpc) is 2.44. The Morgan fingerprint density at radius 3 is 2.12 bits per heavy atom. The largest absolute Gasteiger partial charge is 0.450 e. The van der Waals surface area contributed by atoms with Gasteiger partial charge in [-0.3, -0.25) is 4.79 Å². The van der Waals surface area contributed by atoms with E-state index in [0.717, 1.165) is 0 Å². The molecule has 1 heterocycles. The summed E-state index contributed by atoms with van der Waals surface area (Å²) in [6.07, 6.45) is -11.2. The summed E-state index contributed by atoms with van der Waals surface area (Å²) >= 11 is 4.56. The van der Waals surface area contributed by atoms with E-state index >= 15 is 0 Å². The molecule has 0 radical (unpaired) electrons. The van der Waals surface area contributed by atoms with E-state index in [4.69, 9.17) is 0 Å². The van der Waals surface area contributed by atoms with E-state index in [0.29, 0.717) is 0 Å². The monoisotopic (exact) mass is 372 g/mol. The fraction of sp³-hybridized carbons (Fsp3) is 0.385. The van der Waals surface area contributed by atoms with Crippen molar-refractivity contribution in [2.24, 2.45) is 5.92 Å². The van der Waals surface area contributed by atoms with Crippen LogP contribution in [0.25, 0.3) is 0 Å². The van der Waals surface area contributed by atoms with Gasteiger partial charge in [-0.1, -0.05) is 30.3 Å². The van der Waals surface area contributed by atoms with E-state index in [1.807, 2.05) is 0 Å². The third-order valence-electron chi connectivity index (χ3n) is 3.53. The molecule has 0 aliphatic carbocycles. The number of carbonyl (C=O) groups is 1. The van der Waals surface area contributed by atoms with Gasteiger partial charge in [0, 0.05) is 0 Å². The molecule has 1 saturated heterocycles. The van der Waals surface area contributed by atoms with E-state index < -0.39 is 40.9 Å². The molecule has 3 N–H and O–H groups in total. The molecule has 1 aliphatic rings. The first-order valence-corrected chi connectivity index (χ1v) is 6.82. The van der Waals surface area contributed by atoms with Crippen LogP contribution in [-0.4, -0.2) is 34.1 Å². The Kier molecular flexibility index (Phi) is 4.53. The number of rotatable bonds is 2. The summed E-state index contributed by atoms with van der Waals surface area (Å²) in [6.45, 7) is 0. The number of nitrogens with one attached hydrogen (secondary N) is 2. The molecule has 3 atom stereocenters. The first-order valence-electron chi connectivity index (χ1n) is 6.41. The second kappa shape index (κ2) is 5.88. The summed E-state index contributed by atoms with van der Waals surface area (Å²) in [7, 11) is 0. The van der Waals surface area contributed by atoms with Crippen LogP contribution in [0.1, 0.15) is 11.6 Å². The zero-order valence-electron chi connectivity index (χ0n) is 11.6. The van der Waals surface area contributed by atoms with Crippen molar-refractivity contribution in [3.63, 3.8) is 0 Å². The number of carbonyl (C=O) groups excluding carboxylic acids is 1. The molecule has 1 aromatic carbocycles.